The fourth-order valence-corrected chi connectivity index (χ4v) is 3.38. The van der Waals surface area contributed by atoms with Crippen LogP contribution in [0, 0.1) is 24.4 Å². The van der Waals surface area contributed by atoms with Gasteiger partial charge >= 0.3 is 6.18 Å². The molecule has 0 radical (unpaired) electrons. The highest BCUT2D eigenvalue weighted by Gasteiger charge is 2.31. The van der Waals surface area contributed by atoms with E-state index in [0.717, 1.165) is 6.92 Å². The van der Waals surface area contributed by atoms with Gasteiger partial charge in [0.25, 0.3) is 10.0 Å². The van der Waals surface area contributed by atoms with E-state index in [9.17, 15) is 34.8 Å². The fraction of sp³-hybridized carbons (Fsp3) is 0.143. The SMILES string of the molecule is Cc1c(F)c(F)cc(S(=O)(=O)Nc2ccc(C(F)(F)F)cc2Cl)c1F. The molecule has 0 atom stereocenters. The van der Waals surface area contributed by atoms with Crippen molar-refractivity contribution < 1.29 is 34.8 Å². The van der Waals surface area contributed by atoms with Crippen LogP contribution in [0.3, 0.4) is 0 Å². The van der Waals surface area contributed by atoms with Crippen LogP contribution in [0.15, 0.2) is 29.2 Å². The summed E-state index contributed by atoms with van der Waals surface area (Å²) >= 11 is 5.60. The third kappa shape index (κ3) is 3.84. The lowest BCUT2D eigenvalue weighted by atomic mass is 10.2. The largest absolute Gasteiger partial charge is 0.416 e. The van der Waals surface area contributed by atoms with Crippen molar-refractivity contribution in [2.75, 3.05) is 4.72 Å². The number of benzene rings is 2. The van der Waals surface area contributed by atoms with Crippen molar-refractivity contribution in [2.45, 2.75) is 18.0 Å². The first-order chi connectivity index (χ1) is 11.3. The molecule has 0 aliphatic heterocycles. The molecule has 2 aromatic carbocycles. The van der Waals surface area contributed by atoms with Gasteiger partial charge in [-0.1, -0.05) is 11.6 Å². The molecule has 0 amide bonds. The van der Waals surface area contributed by atoms with Crippen LogP contribution in [0.1, 0.15) is 11.1 Å². The molecule has 0 aliphatic rings. The number of nitrogens with one attached hydrogen (secondary N) is 1. The number of hydrogen-bond acceptors (Lipinski definition) is 2. The van der Waals surface area contributed by atoms with E-state index in [2.05, 4.69) is 0 Å². The summed E-state index contributed by atoms with van der Waals surface area (Å²) in [7, 11) is -4.77. The van der Waals surface area contributed by atoms with Crippen molar-refractivity contribution in [3.63, 3.8) is 0 Å². The van der Waals surface area contributed by atoms with Crippen LogP contribution in [0.4, 0.5) is 32.0 Å². The standard InChI is InChI=1S/C14H8ClF6NO2S/c1-6-12(17)9(16)5-11(13(6)18)25(23,24)22-10-3-2-7(4-8(10)15)14(19,20)21/h2-5,22H,1H3. The van der Waals surface area contributed by atoms with Crippen LogP contribution >= 0.6 is 11.6 Å². The van der Waals surface area contributed by atoms with Gasteiger partial charge in [-0.25, -0.2) is 21.6 Å². The Kier molecular flexibility index (Phi) is 4.97. The van der Waals surface area contributed by atoms with Gasteiger partial charge in [0.2, 0.25) is 0 Å². The zero-order chi connectivity index (χ0) is 19.2. The van der Waals surface area contributed by atoms with E-state index in [4.69, 9.17) is 11.6 Å². The number of hydrogen-bond donors (Lipinski definition) is 1. The summed E-state index contributed by atoms with van der Waals surface area (Å²) in [5.41, 5.74) is -2.48. The van der Waals surface area contributed by atoms with E-state index in [1.54, 1.807) is 4.72 Å². The molecule has 0 unspecified atom stereocenters. The van der Waals surface area contributed by atoms with Crippen LogP contribution in [0.25, 0.3) is 0 Å². The highest BCUT2D eigenvalue weighted by atomic mass is 35.5. The van der Waals surface area contributed by atoms with Crippen molar-refractivity contribution in [1.29, 1.82) is 0 Å². The molecule has 0 saturated carbocycles. The molecule has 136 valence electrons. The second kappa shape index (κ2) is 6.41. The van der Waals surface area contributed by atoms with Gasteiger partial charge in [0, 0.05) is 11.6 Å². The molecule has 11 heteroatoms. The minimum atomic E-state index is -4.77. The number of halogens is 7. The third-order valence-corrected chi connectivity index (χ3v) is 4.85. The van der Waals surface area contributed by atoms with Gasteiger partial charge in [0.05, 0.1) is 16.3 Å². The van der Waals surface area contributed by atoms with Crippen LogP contribution in [-0.4, -0.2) is 8.42 Å². The predicted molar refractivity (Wildman–Crippen MR) is 78.3 cm³/mol. The Morgan fingerprint density at radius 1 is 1.04 bits per heavy atom. The van der Waals surface area contributed by atoms with E-state index in [1.807, 2.05) is 0 Å². The van der Waals surface area contributed by atoms with Gasteiger partial charge in [-0.05, 0) is 25.1 Å². The Labute approximate surface area is 143 Å². The summed E-state index contributed by atoms with van der Waals surface area (Å²) in [6.45, 7) is 0.831. The second-order valence-corrected chi connectivity index (χ2v) is 6.97. The first kappa shape index (κ1) is 19.4. The molecule has 0 aromatic heterocycles. The van der Waals surface area contributed by atoms with Crippen molar-refractivity contribution in [1.82, 2.24) is 0 Å². The van der Waals surface area contributed by atoms with E-state index < -0.39 is 60.4 Å². The van der Waals surface area contributed by atoms with Gasteiger partial charge in [-0.3, -0.25) is 4.72 Å². The van der Waals surface area contributed by atoms with Gasteiger partial charge < -0.3 is 0 Å². The molecule has 0 bridgehead atoms. The quantitative estimate of drug-likeness (QED) is 0.586. The van der Waals surface area contributed by atoms with E-state index in [-0.39, 0.29) is 6.07 Å². The lowest BCUT2D eigenvalue weighted by Crippen LogP contribution is -2.17. The Bertz CT molecular complexity index is 943. The molecule has 0 saturated heterocycles. The molecule has 25 heavy (non-hydrogen) atoms. The van der Waals surface area contributed by atoms with Crippen molar-refractivity contribution in [2.24, 2.45) is 0 Å². The molecule has 2 rings (SSSR count). The first-order valence-electron chi connectivity index (χ1n) is 6.38. The number of sulfonamides is 1. The molecule has 0 aliphatic carbocycles. The first-order valence-corrected chi connectivity index (χ1v) is 8.24. The van der Waals surface area contributed by atoms with Crippen molar-refractivity contribution in [3.05, 3.63) is 57.9 Å². The Hall–Kier alpha value is -1.94. The lowest BCUT2D eigenvalue weighted by molar-refractivity contribution is -0.137. The third-order valence-electron chi connectivity index (χ3n) is 3.17. The molecule has 3 nitrogen and oxygen atoms in total. The van der Waals surface area contributed by atoms with Gasteiger partial charge in [0.1, 0.15) is 10.7 Å². The topological polar surface area (TPSA) is 46.2 Å². The molecular formula is C14H8ClF6NO2S. The summed E-state index contributed by atoms with van der Waals surface area (Å²) in [5, 5.41) is -0.613. The predicted octanol–water partition coefficient (Wildman–Crippen LogP) is 4.89. The molecule has 0 spiro atoms. The minimum Gasteiger partial charge on any atom is -0.278 e. The Morgan fingerprint density at radius 3 is 2.16 bits per heavy atom. The second-order valence-electron chi connectivity index (χ2n) is 4.91. The van der Waals surface area contributed by atoms with Crippen LogP contribution in [0.2, 0.25) is 5.02 Å². The Morgan fingerprint density at radius 2 is 1.64 bits per heavy atom. The summed E-state index contributed by atoms with van der Waals surface area (Å²) < 4.78 is 104. The van der Waals surface area contributed by atoms with E-state index in [0.29, 0.717) is 18.2 Å². The number of alkyl halides is 3. The summed E-state index contributed by atoms with van der Waals surface area (Å²) in [5.74, 6) is -4.68. The maximum atomic E-state index is 14.0. The normalized spacial score (nSPS) is 12.3. The highest BCUT2D eigenvalue weighted by Crippen LogP contribution is 2.35. The summed E-state index contributed by atoms with van der Waals surface area (Å²) in [4.78, 5) is -1.21. The minimum absolute atomic E-state index is 0.123. The molecular weight excluding hydrogens is 396 g/mol. The summed E-state index contributed by atoms with van der Waals surface area (Å²) in [6, 6.07) is 1.86. The van der Waals surface area contributed by atoms with Gasteiger partial charge in [-0.15, -0.1) is 0 Å². The van der Waals surface area contributed by atoms with Crippen LogP contribution in [-0.2, 0) is 16.2 Å². The molecule has 1 N–H and O–H groups in total. The highest BCUT2D eigenvalue weighted by molar-refractivity contribution is 7.92. The molecule has 0 heterocycles. The van der Waals surface area contributed by atoms with Crippen molar-refractivity contribution >= 4 is 27.3 Å². The zero-order valence-corrected chi connectivity index (χ0v) is 13.8. The smallest absolute Gasteiger partial charge is 0.278 e. The lowest BCUT2D eigenvalue weighted by Gasteiger charge is -2.13. The maximum Gasteiger partial charge on any atom is 0.416 e. The average molecular weight is 404 g/mol. The number of rotatable bonds is 3. The number of anilines is 1. The zero-order valence-electron chi connectivity index (χ0n) is 12.2. The Balaban J connectivity index is 2.47. The molecule has 2 aromatic rings. The summed E-state index contributed by atoms with van der Waals surface area (Å²) in [6.07, 6.45) is -4.70. The van der Waals surface area contributed by atoms with E-state index >= 15 is 0 Å². The van der Waals surface area contributed by atoms with E-state index in [1.165, 1.54) is 0 Å². The van der Waals surface area contributed by atoms with Crippen LogP contribution in [0.5, 0.6) is 0 Å². The van der Waals surface area contributed by atoms with Crippen molar-refractivity contribution in [3.8, 4) is 0 Å². The maximum absolute atomic E-state index is 14.0. The van der Waals surface area contributed by atoms with Gasteiger partial charge in [-0.2, -0.15) is 13.2 Å². The molecule has 0 fully saturated rings. The fourth-order valence-electron chi connectivity index (χ4n) is 1.87. The monoisotopic (exact) mass is 403 g/mol. The van der Waals surface area contributed by atoms with Gasteiger partial charge in [0.15, 0.2) is 11.6 Å². The average Bonchev–Trinajstić information content (AvgIpc) is 2.49. The van der Waals surface area contributed by atoms with Crippen LogP contribution < -0.4 is 4.72 Å².